The molecule has 7 nitrogen and oxygen atoms in total. The van der Waals surface area contributed by atoms with Crippen molar-refractivity contribution in [3.8, 4) is 0 Å². The van der Waals surface area contributed by atoms with Crippen LogP contribution in [0, 0.1) is 0 Å². The lowest BCUT2D eigenvalue weighted by Crippen LogP contribution is -2.28. The van der Waals surface area contributed by atoms with Crippen LogP contribution in [0.15, 0.2) is 35.4 Å². The van der Waals surface area contributed by atoms with Gasteiger partial charge in [0.25, 0.3) is 5.56 Å². The van der Waals surface area contributed by atoms with E-state index in [4.69, 9.17) is 0 Å². The van der Waals surface area contributed by atoms with Gasteiger partial charge >= 0.3 is 0 Å². The quantitative estimate of drug-likeness (QED) is 0.681. The molecule has 0 unspecified atom stereocenters. The molecule has 7 heteroatoms. The molecule has 0 fully saturated rings. The first-order chi connectivity index (χ1) is 11.1. The van der Waals surface area contributed by atoms with Crippen LogP contribution in [0.4, 0.5) is 0 Å². The average molecular weight is 316 g/mol. The van der Waals surface area contributed by atoms with Gasteiger partial charge in [-0.25, -0.2) is 4.98 Å². The standard InChI is InChI=1S/C16H19N3O4/c20-14(17-9-3-8-15(21)22)7-4-10-19-11-18-13-6-2-1-5-12(13)16(19)23/h1-2,5-6,11H,3-4,7-10H2,(H,17,20)(H,21,22)/p-1. The topological polar surface area (TPSA) is 104 Å². The van der Waals surface area contributed by atoms with E-state index >= 15 is 0 Å². The van der Waals surface area contributed by atoms with E-state index in [0.717, 1.165) is 0 Å². The molecular formula is C16H18N3O4-. The summed E-state index contributed by atoms with van der Waals surface area (Å²) in [4.78, 5) is 38.3. The highest BCUT2D eigenvalue weighted by atomic mass is 16.4. The smallest absolute Gasteiger partial charge is 0.261 e. The molecular weight excluding hydrogens is 298 g/mol. The summed E-state index contributed by atoms with van der Waals surface area (Å²) in [6.07, 6.45) is 2.54. The van der Waals surface area contributed by atoms with Crippen LogP contribution in [-0.2, 0) is 16.1 Å². The Labute approximate surface area is 133 Å². The Balaban J connectivity index is 1.80. The van der Waals surface area contributed by atoms with Gasteiger partial charge in [0, 0.05) is 25.5 Å². The number of carbonyl (C=O) groups is 2. The number of carboxylic acids is 1. The first-order valence-electron chi connectivity index (χ1n) is 7.48. The van der Waals surface area contributed by atoms with Crippen LogP contribution in [0.2, 0.25) is 0 Å². The van der Waals surface area contributed by atoms with E-state index in [1.165, 1.54) is 10.9 Å². The molecule has 1 aromatic heterocycles. The number of carbonyl (C=O) groups excluding carboxylic acids is 2. The molecule has 1 heterocycles. The first-order valence-corrected chi connectivity index (χ1v) is 7.48. The molecule has 0 spiro atoms. The van der Waals surface area contributed by atoms with Crippen molar-refractivity contribution in [3.05, 3.63) is 40.9 Å². The van der Waals surface area contributed by atoms with Gasteiger partial charge in [-0.2, -0.15) is 0 Å². The molecule has 0 atom stereocenters. The van der Waals surface area contributed by atoms with Gasteiger partial charge in [0.15, 0.2) is 0 Å². The Hall–Kier alpha value is -2.70. The highest BCUT2D eigenvalue weighted by Crippen LogP contribution is 2.05. The van der Waals surface area contributed by atoms with Crippen molar-refractivity contribution in [2.24, 2.45) is 0 Å². The van der Waals surface area contributed by atoms with Gasteiger partial charge in [-0.05, 0) is 31.4 Å². The monoisotopic (exact) mass is 316 g/mol. The molecule has 0 bridgehead atoms. The minimum Gasteiger partial charge on any atom is -0.550 e. The van der Waals surface area contributed by atoms with Crippen LogP contribution >= 0.6 is 0 Å². The zero-order valence-electron chi connectivity index (χ0n) is 12.7. The van der Waals surface area contributed by atoms with Crippen LogP contribution in [0.25, 0.3) is 10.9 Å². The fourth-order valence-corrected chi connectivity index (χ4v) is 2.22. The Bertz CT molecular complexity index is 754. The van der Waals surface area contributed by atoms with E-state index in [-0.39, 0.29) is 24.3 Å². The summed E-state index contributed by atoms with van der Waals surface area (Å²) in [5, 5.41) is 13.4. The Kier molecular flexibility index (Phi) is 5.85. The maximum Gasteiger partial charge on any atom is 0.261 e. The Morgan fingerprint density at radius 3 is 2.74 bits per heavy atom. The van der Waals surface area contributed by atoms with Crippen LogP contribution in [0.5, 0.6) is 0 Å². The summed E-state index contributed by atoms with van der Waals surface area (Å²) in [6, 6.07) is 7.12. The Morgan fingerprint density at radius 1 is 1.17 bits per heavy atom. The van der Waals surface area contributed by atoms with E-state index in [1.807, 2.05) is 6.07 Å². The number of aryl methyl sites for hydroxylation is 1. The molecule has 122 valence electrons. The van der Waals surface area contributed by atoms with Crippen molar-refractivity contribution in [2.75, 3.05) is 6.54 Å². The van der Waals surface area contributed by atoms with Crippen LogP contribution in [-0.4, -0.2) is 28.0 Å². The van der Waals surface area contributed by atoms with Gasteiger partial charge in [0.05, 0.1) is 17.2 Å². The van der Waals surface area contributed by atoms with Crippen LogP contribution < -0.4 is 16.0 Å². The number of fused-ring (bicyclic) bond motifs is 1. The fourth-order valence-electron chi connectivity index (χ4n) is 2.22. The van der Waals surface area contributed by atoms with E-state index in [1.54, 1.807) is 18.2 Å². The van der Waals surface area contributed by atoms with Crippen molar-refractivity contribution in [1.82, 2.24) is 14.9 Å². The summed E-state index contributed by atoms with van der Waals surface area (Å²) >= 11 is 0. The van der Waals surface area contributed by atoms with Crippen molar-refractivity contribution in [1.29, 1.82) is 0 Å². The zero-order valence-corrected chi connectivity index (χ0v) is 12.7. The minimum absolute atomic E-state index is 0.0710. The summed E-state index contributed by atoms with van der Waals surface area (Å²) in [6.45, 7) is 0.716. The molecule has 1 aromatic carbocycles. The number of nitrogens with zero attached hydrogens (tertiary/aromatic N) is 2. The molecule has 2 rings (SSSR count). The SMILES string of the molecule is O=C([O-])CCCNC(=O)CCCn1cnc2ccccc2c1=O. The molecule has 0 radical (unpaired) electrons. The molecule has 1 amide bonds. The summed E-state index contributed by atoms with van der Waals surface area (Å²) < 4.78 is 1.49. The maximum absolute atomic E-state index is 12.2. The number of carboxylic acid groups (broad SMARTS) is 1. The number of amides is 1. The van der Waals surface area contributed by atoms with Gasteiger partial charge < -0.3 is 15.2 Å². The first kappa shape index (κ1) is 16.7. The van der Waals surface area contributed by atoms with Crippen molar-refractivity contribution in [3.63, 3.8) is 0 Å². The number of nitrogens with one attached hydrogen (secondary N) is 1. The summed E-state index contributed by atoms with van der Waals surface area (Å²) in [7, 11) is 0. The lowest BCUT2D eigenvalue weighted by molar-refractivity contribution is -0.305. The Morgan fingerprint density at radius 2 is 1.96 bits per heavy atom. The molecule has 0 aliphatic heterocycles. The van der Waals surface area contributed by atoms with Gasteiger partial charge in [-0.3, -0.25) is 14.2 Å². The third-order valence-electron chi connectivity index (χ3n) is 3.41. The maximum atomic E-state index is 12.2. The summed E-state index contributed by atoms with van der Waals surface area (Å²) in [5.74, 6) is -1.28. The van der Waals surface area contributed by atoms with Crippen LogP contribution in [0.1, 0.15) is 25.7 Å². The van der Waals surface area contributed by atoms with Gasteiger partial charge in [0.1, 0.15) is 0 Å². The predicted molar refractivity (Wildman–Crippen MR) is 82.5 cm³/mol. The molecule has 2 aromatic rings. The third-order valence-corrected chi connectivity index (χ3v) is 3.41. The molecule has 0 saturated carbocycles. The molecule has 0 saturated heterocycles. The largest absolute Gasteiger partial charge is 0.550 e. The third kappa shape index (κ3) is 4.91. The lowest BCUT2D eigenvalue weighted by Gasteiger charge is -2.07. The van der Waals surface area contributed by atoms with Crippen molar-refractivity contribution >= 4 is 22.8 Å². The second kappa shape index (κ2) is 8.07. The van der Waals surface area contributed by atoms with E-state index in [9.17, 15) is 19.5 Å². The summed E-state index contributed by atoms with van der Waals surface area (Å²) in [5.41, 5.74) is 0.532. The highest BCUT2D eigenvalue weighted by molar-refractivity contribution is 5.77. The van der Waals surface area contributed by atoms with Gasteiger partial charge in [-0.1, -0.05) is 12.1 Å². The number of aliphatic carboxylic acids is 1. The van der Waals surface area contributed by atoms with E-state index in [2.05, 4.69) is 10.3 Å². The predicted octanol–water partition coefficient (Wildman–Crippen LogP) is -0.177. The number of hydrogen-bond acceptors (Lipinski definition) is 5. The molecule has 0 aliphatic carbocycles. The number of aromatic nitrogens is 2. The van der Waals surface area contributed by atoms with Crippen LogP contribution in [0.3, 0.4) is 0 Å². The highest BCUT2D eigenvalue weighted by Gasteiger charge is 2.05. The minimum atomic E-state index is -1.12. The molecule has 23 heavy (non-hydrogen) atoms. The average Bonchev–Trinajstić information content (AvgIpc) is 2.54. The lowest BCUT2D eigenvalue weighted by atomic mass is 10.2. The second-order valence-electron chi connectivity index (χ2n) is 5.19. The number of para-hydroxylation sites is 1. The molecule has 0 aliphatic rings. The van der Waals surface area contributed by atoms with Gasteiger partial charge in [-0.15, -0.1) is 0 Å². The van der Waals surface area contributed by atoms with E-state index in [0.29, 0.717) is 36.8 Å². The van der Waals surface area contributed by atoms with Gasteiger partial charge in [0.2, 0.25) is 5.91 Å². The zero-order chi connectivity index (χ0) is 16.7. The van der Waals surface area contributed by atoms with Crippen molar-refractivity contribution in [2.45, 2.75) is 32.2 Å². The van der Waals surface area contributed by atoms with E-state index < -0.39 is 5.97 Å². The molecule has 1 N–H and O–H groups in total. The van der Waals surface area contributed by atoms with Crippen molar-refractivity contribution < 1.29 is 14.7 Å². The normalized spacial score (nSPS) is 10.6. The second-order valence-corrected chi connectivity index (χ2v) is 5.19. The fraction of sp³-hybridized carbons (Fsp3) is 0.375. The number of hydrogen-bond donors (Lipinski definition) is 1. The number of benzene rings is 1. The number of rotatable bonds is 8.